The fourth-order valence-corrected chi connectivity index (χ4v) is 2.60. The van der Waals surface area contributed by atoms with Crippen molar-refractivity contribution in [2.45, 2.75) is 11.8 Å². The van der Waals surface area contributed by atoms with Gasteiger partial charge in [-0.25, -0.2) is 0 Å². The molecule has 1 aromatic carbocycles. The first-order chi connectivity index (χ1) is 8.22. The summed E-state index contributed by atoms with van der Waals surface area (Å²) in [5.41, 5.74) is 1.36. The first kappa shape index (κ1) is 12.9. The highest BCUT2D eigenvalue weighted by molar-refractivity contribution is 9.10. The van der Waals surface area contributed by atoms with Crippen molar-refractivity contribution in [3.05, 3.63) is 28.2 Å². The highest BCUT2D eigenvalue weighted by Crippen LogP contribution is 2.41. The molecule has 0 spiro atoms. The first-order valence-corrected chi connectivity index (χ1v) is 6.57. The minimum Gasteiger partial charge on any atom is -0.496 e. The predicted octanol–water partition coefficient (Wildman–Crippen LogP) is 2.34. The quantitative estimate of drug-likeness (QED) is 0.905. The molecule has 1 N–H and O–H groups in total. The minimum absolute atomic E-state index is 0.109. The van der Waals surface area contributed by atoms with Crippen LogP contribution in [-0.2, 0) is 10.2 Å². The maximum atomic E-state index is 5.47. The van der Waals surface area contributed by atoms with Gasteiger partial charge in [-0.05, 0) is 38.2 Å². The van der Waals surface area contributed by atoms with Crippen molar-refractivity contribution in [2.75, 3.05) is 33.9 Å². The molecule has 3 nitrogen and oxygen atoms in total. The van der Waals surface area contributed by atoms with E-state index in [0.29, 0.717) is 0 Å². The van der Waals surface area contributed by atoms with E-state index in [2.05, 4.69) is 27.3 Å². The molecule has 0 amide bonds. The summed E-state index contributed by atoms with van der Waals surface area (Å²) in [6.07, 6.45) is 1.07. The normalized spacial score (nSPS) is 17.6. The van der Waals surface area contributed by atoms with Crippen molar-refractivity contribution < 1.29 is 9.47 Å². The predicted molar refractivity (Wildman–Crippen MR) is 71.7 cm³/mol. The molecule has 1 aromatic rings. The molecule has 1 aliphatic rings. The lowest BCUT2D eigenvalue weighted by molar-refractivity contribution is -0.0647. The van der Waals surface area contributed by atoms with Gasteiger partial charge in [0.05, 0.1) is 20.3 Å². The smallest absolute Gasteiger partial charge is 0.122 e. The fourth-order valence-electron chi connectivity index (χ4n) is 2.24. The molecule has 1 saturated heterocycles. The third-order valence-electron chi connectivity index (χ3n) is 3.34. The second-order valence-corrected chi connectivity index (χ2v) is 5.39. The van der Waals surface area contributed by atoms with Crippen LogP contribution in [0.4, 0.5) is 0 Å². The SMILES string of the molecule is CNCCC1(c2cc(Br)ccc2OC)COC1. The van der Waals surface area contributed by atoms with E-state index < -0.39 is 0 Å². The van der Waals surface area contributed by atoms with Crippen molar-refractivity contribution in [3.8, 4) is 5.75 Å². The second kappa shape index (κ2) is 5.38. The van der Waals surface area contributed by atoms with E-state index in [4.69, 9.17) is 9.47 Å². The zero-order valence-corrected chi connectivity index (χ0v) is 11.8. The molecule has 0 bridgehead atoms. The molecular weight excluding hydrogens is 282 g/mol. The van der Waals surface area contributed by atoms with Crippen molar-refractivity contribution in [1.82, 2.24) is 5.32 Å². The minimum atomic E-state index is 0.109. The van der Waals surface area contributed by atoms with Gasteiger partial charge >= 0.3 is 0 Å². The Labute approximate surface area is 111 Å². The first-order valence-electron chi connectivity index (χ1n) is 5.78. The monoisotopic (exact) mass is 299 g/mol. The van der Waals surface area contributed by atoms with Gasteiger partial charge < -0.3 is 14.8 Å². The van der Waals surface area contributed by atoms with Gasteiger partial charge in [0.15, 0.2) is 0 Å². The third-order valence-corrected chi connectivity index (χ3v) is 3.84. The van der Waals surface area contributed by atoms with E-state index in [1.165, 1.54) is 5.56 Å². The van der Waals surface area contributed by atoms with Crippen molar-refractivity contribution in [3.63, 3.8) is 0 Å². The number of hydrogen-bond acceptors (Lipinski definition) is 3. The molecule has 17 heavy (non-hydrogen) atoms. The van der Waals surface area contributed by atoms with Crippen LogP contribution in [0.25, 0.3) is 0 Å². The van der Waals surface area contributed by atoms with Crippen LogP contribution in [0, 0.1) is 0 Å². The second-order valence-electron chi connectivity index (χ2n) is 4.47. The van der Waals surface area contributed by atoms with Gasteiger partial charge in [0, 0.05) is 15.5 Å². The van der Waals surface area contributed by atoms with Gasteiger partial charge in [0.25, 0.3) is 0 Å². The Morgan fingerprint density at radius 1 is 1.47 bits per heavy atom. The molecule has 0 aliphatic carbocycles. The van der Waals surface area contributed by atoms with Gasteiger partial charge in [0.2, 0.25) is 0 Å². The molecular formula is C13H18BrNO2. The van der Waals surface area contributed by atoms with E-state index in [0.717, 1.165) is 36.4 Å². The van der Waals surface area contributed by atoms with Crippen molar-refractivity contribution >= 4 is 15.9 Å². The maximum Gasteiger partial charge on any atom is 0.122 e. The Hall–Kier alpha value is -0.580. The fraction of sp³-hybridized carbons (Fsp3) is 0.538. The number of benzene rings is 1. The Bertz CT molecular complexity index is 391. The lowest BCUT2D eigenvalue weighted by Gasteiger charge is -2.42. The zero-order valence-electron chi connectivity index (χ0n) is 10.3. The summed E-state index contributed by atoms with van der Waals surface area (Å²) in [5.74, 6) is 0.951. The summed E-state index contributed by atoms with van der Waals surface area (Å²) >= 11 is 3.53. The molecule has 4 heteroatoms. The van der Waals surface area contributed by atoms with Crippen LogP contribution in [0.2, 0.25) is 0 Å². The van der Waals surface area contributed by atoms with Crippen LogP contribution < -0.4 is 10.1 Å². The van der Waals surface area contributed by atoms with Gasteiger partial charge in [-0.2, -0.15) is 0 Å². The number of ether oxygens (including phenoxy) is 2. The molecule has 0 saturated carbocycles. The topological polar surface area (TPSA) is 30.5 Å². The van der Waals surface area contributed by atoms with E-state index in [1.54, 1.807) is 7.11 Å². The van der Waals surface area contributed by atoms with Crippen LogP contribution in [0.15, 0.2) is 22.7 Å². The molecule has 0 aromatic heterocycles. The number of halogens is 1. The summed E-state index contributed by atoms with van der Waals surface area (Å²) in [7, 11) is 3.70. The van der Waals surface area contributed by atoms with E-state index >= 15 is 0 Å². The highest BCUT2D eigenvalue weighted by atomic mass is 79.9. The standard InChI is InChI=1S/C13H18BrNO2/c1-15-6-5-13(8-17-9-13)11-7-10(14)3-4-12(11)16-2/h3-4,7,15H,5-6,8-9H2,1-2H3. The summed E-state index contributed by atoms with van der Waals surface area (Å²) in [5, 5.41) is 3.21. The lowest BCUT2D eigenvalue weighted by atomic mass is 9.75. The average Bonchev–Trinajstić information content (AvgIpc) is 2.28. The molecule has 0 atom stereocenters. The van der Waals surface area contributed by atoms with Crippen LogP contribution in [0.5, 0.6) is 5.75 Å². The van der Waals surface area contributed by atoms with E-state index in [9.17, 15) is 0 Å². The highest BCUT2D eigenvalue weighted by Gasteiger charge is 2.41. The zero-order chi connectivity index (χ0) is 12.3. The molecule has 94 valence electrons. The largest absolute Gasteiger partial charge is 0.496 e. The average molecular weight is 300 g/mol. The van der Waals surface area contributed by atoms with Crippen molar-refractivity contribution in [2.24, 2.45) is 0 Å². The third kappa shape index (κ3) is 2.49. The molecule has 2 rings (SSSR count). The lowest BCUT2D eigenvalue weighted by Crippen LogP contribution is -2.48. The van der Waals surface area contributed by atoms with Gasteiger partial charge in [-0.3, -0.25) is 0 Å². The van der Waals surface area contributed by atoms with Gasteiger partial charge in [-0.15, -0.1) is 0 Å². The molecule has 0 unspecified atom stereocenters. The summed E-state index contributed by atoms with van der Waals surface area (Å²) in [4.78, 5) is 0. The number of rotatable bonds is 5. The van der Waals surface area contributed by atoms with E-state index in [-0.39, 0.29) is 5.41 Å². The Morgan fingerprint density at radius 3 is 2.76 bits per heavy atom. The van der Waals surface area contributed by atoms with E-state index in [1.807, 2.05) is 19.2 Å². The Balaban J connectivity index is 2.32. The summed E-state index contributed by atoms with van der Waals surface area (Å²) in [6, 6.07) is 6.17. The Morgan fingerprint density at radius 2 is 2.24 bits per heavy atom. The number of nitrogens with one attached hydrogen (secondary N) is 1. The number of hydrogen-bond donors (Lipinski definition) is 1. The maximum absolute atomic E-state index is 5.47. The Kier molecular flexibility index (Phi) is 4.07. The molecule has 1 heterocycles. The molecule has 1 fully saturated rings. The van der Waals surface area contributed by atoms with Crippen LogP contribution in [0.3, 0.4) is 0 Å². The summed E-state index contributed by atoms with van der Waals surface area (Å²) < 4.78 is 12.0. The van der Waals surface area contributed by atoms with Gasteiger partial charge in [0.1, 0.15) is 5.75 Å². The van der Waals surface area contributed by atoms with Crippen molar-refractivity contribution in [1.29, 1.82) is 0 Å². The molecule has 1 aliphatic heterocycles. The van der Waals surface area contributed by atoms with Gasteiger partial charge in [-0.1, -0.05) is 15.9 Å². The summed E-state index contributed by atoms with van der Waals surface area (Å²) in [6.45, 7) is 2.54. The van der Waals surface area contributed by atoms with Crippen LogP contribution >= 0.6 is 15.9 Å². The number of methoxy groups -OCH3 is 1. The van der Waals surface area contributed by atoms with Crippen LogP contribution in [-0.4, -0.2) is 33.9 Å². The van der Waals surface area contributed by atoms with Crippen LogP contribution in [0.1, 0.15) is 12.0 Å². The molecule has 0 radical (unpaired) electrons.